The monoisotopic (exact) mass is 385 g/mol. The smallest absolute Gasteiger partial charge is 0.242 e. The Bertz CT molecular complexity index is 614. The minimum Gasteiger partial charge on any atom is -0.378 e. The van der Waals surface area contributed by atoms with E-state index in [0.29, 0.717) is 32.8 Å². The summed E-state index contributed by atoms with van der Waals surface area (Å²) in [6.45, 7) is 5.02. The molecule has 1 saturated carbocycles. The first-order valence-corrected chi connectivity index (χ1v) is 11.8. The summed E-state index contributed by atoms with van der Waals surface area (Å²) < 4.78 is 31.5. The first kappa shape index (κ1) is 18.7. The van der Waals surface area contributed by atoms with Gasteiger partial charge in [-0.1, -0.05) is 6.42 Å². The van der Waals surface area contributed by atoms with Gasteiger partial charge in [-0.25, -0.2) is 8.42 Å². The Morgan fingerprint density at radius 1 is 1.00 bits per heavy atom. The first-order valence-electron chi connectivity index (χ1n) is 10.1. The van der Waals surface area contributed by atoms with Gasteiger partial charge in [0.1, 0.15) is 6.04 Å². The largest absolute Gasteiger partial charge is 0.378 e. The van der Waals surface area contributed by atoms with Crippen molar-refractivity contribution in [2.24, 2.45) is 5.92 Å². The SMILES string of the molecule is O=C(C1COCCN1CC1CCC1)N1CCC(N2CCCS2(=O)=O)CC1. The average molecular weight is 386 g/mol. The van der Waals surface area contributed by atoms with Crippen LogP contribution in [-0.4, -0.2) is 92.2 Å². The number of ether oxygens (including phenoxy) is 1. The Labute approximate surface area is 156 Å². The number of hydrogen-bond donors (Lipinski definition) is 0. The average Bonchev–Trinajstić information content (AvgIpc) is 2.97. The molecule has 0 spiro atoms. The van der Waals surface area contributed by atoms with Crippen molar-refractivity contribution >= 4 is 15.9 Å². The molecule has 0 N–H and O–H groups in total. The molecular formula is C18H31N3O4S. The highest BCUT2D eigenvalue weighted by atomic mass is 32.2. The van der Waals surface area contributed by atoms with Crippen molar-refractivity contribution in [2.45, 2.75) is 50.6 Å². The van der Waals surface area contributed by atoms with E-state index in [4.69, 9.17) is 4.74 Å². The Hall–Kier alpha value is -0.700. The van der Waals surface area contributed by atoms with Gasteiger partial charge in [-0.05, 0) is 38.0 Å². The van der Waals surface area contributed by atoms with Gasteiger partial charge in [-0.15, -0.1) is 0 Å². The summed E-state index contributed by atoms with van der Waals surface area (Å²) >= 11 is 0. The maximum atomic E-state index is 13.1. The number of sulfonamides is 1. The molecule has 0 aromatic carbocycles. The molecule has 3 aliphatic heterocycles. The summed E-state index contributed by atoms with van der Waals surface area (Å²) in [4.78, 5) is 17.3. The third-order valence-corrected chi connectivity index (χ3v) is 8.56. The fraction of sp³-hybridized carbons (Fsp3) is 0.944. The topological polar surface area (TPSA) is 70.2 Å². The van der Waals surface area contributed by atoms with Gasteiger partial charge in [-0.3, -0.25) is 9.69 Å². The molecule has 4 rings (SSSR count). The highest BCUT2D eigenvalue weighted by Crippen LogP contribution is 2.29. The van der Waals surface area contributed by atoms with Crippen LogP contribution >= 0.6 is 0 Å². The molecule has 26 heavy (non-hydrogen) atoms. The number of nitrogens with zero attached hydrogens (tertiary/aromatic N) is 3. The molecule has 0 aromatic heterocycles. The van der Waals surface area contributed by atoms with Crippen molar-refractivity contribution in [1.82, 2.24) is 14.1 Å². The lowest BCUT2D eigenvalue weighted by Gasteiger charge is -2.42. The van der Waals surface area contributed by atoms with E-state index < -0.39 is 10.0 Å². The predicted octanol–water partition coefficient (Wildman–Crippen LogP) is 0.514. The van der Waals surface area contributed by atoms with Crippen LogP contribution in [0.15, 0.2) is 0 Å². The third kappa shape index (κ3) is 3.79. The van der Waals surface area contributed by atoms with E-state index in [1.165, 1.54) is 19.3 Å². The molecule has 0 bridgehead atoms. The molecule has 0 radical (unpaired) electrons. The number of amides is 1. The number of carbonyl (C=O) groups excluding carboxylic acids is 1. The van der Waals surface area contributed by atoms with Gasteiger partial charge in [0.25, 0.3) is 0 Å². The van der Waals surface area contributed by atoms with E-state index in [-0.39, 0.29) is 23.7 Å². The van der Waals surface area contributed by atoms with Gasteiger partial charge in [0.2, 0.25) is 15.9 Å². The van der Waals surface area contributed by atoms with Crippen molar-refractivity contribution in [3.8, 4) is 0 Å². The second-order valence-corrected chi connectivity index (χ2v) is 10.3. The van der Waals surface area contributed by atoms with Gasteiger partial charge in [0, 0.05) is 38.8 Å². The molecule has 1 aliphatic carbocycles. The van der Waals surface area contributed by atoms with Crippen LogP contribution in [0.5, 0.6) is 0 Å². The zero-order valence-corrected chi connectivity index (χ0v) is 16.3. The molecule has 3 saturated heterocycles. The van der Waals surface area contributed by atoms with E-state index in [0.717, 1.165) is 38.3 Å². The van der Waals surface area contributed by atoms with Crippen LogP contribution in [0.3, 0.4) is 0 Å². The van der Waals surface area contributed by atoms with Crippen LogP contribution in [0.1, 0.15) is 38.5 Å². The Balaban J connectivity index is 1.33. The van der Waals surface area contributed by atoms with E-state index >= 15 is 0 Å². The number of carbonyl (C=O) groups is 1. The normalized spacial score (nSPS) is 31.8. The molecule has 4 aliphatic rings. The van der Waals surface area contributed by atoms with Crippen molar-refractivity contribution in [1.29, 1.82) is 0 Å². The number of morpholine rings is 1. The minimum absolute atomic E-state index is 0.0697. The van der Waals surface area contributed by atoms with E-state index in [1.807, 2.05) is 4.90 Å². The lowest BCUT2D eigenvalue weighted by Crippen LogP contribution is -2.58. The molecule has 1 unspecified atom stereocenters. The number of rotatable bonds is 4. The molecule has 7 nitrogen and oxygen atoms in total. The molecule has 1 amide bonds. The van der Waals surface area contributed by atoms with E-state index in [9.17, 15) is 13.2 Å². The quantitative estimate of drug-likeness (QED) is 0.705. The summed E-state index contributed by atoms with van der Waals surface area (Å²) in [5.41, 5.74) is 0. The minimum atomic E-state index is -3.06. The molecule has 3 heterocycles. The summed E-state index contributed by atoms with van der Waals surface area (Å²) in [5, 5.41) is 0. The lowest BCUT2D eigenvalue weighted by molar-refractivity contribution is -0.145. The van der Waals surface area contributed by atoms with Crippen molar-refractivity contribution in [3.63, 3.8) is 0 Å². The number of hydrogen-bond acceptors (Lipinski definition) is 5. The summed E-state index contributed by atoms with van der Waals surface area (Å²) in [5.74, 6) is 1.20. The fourth-order valence-electron chi connectivity index (χ4n) is 4.74. The van der Waals surface area contributed by atoms with Crippen LogP contribution in [0, 0.1) is 5.92 Å². The van der Waals surface area contributed by atoms with Gasteiger partial charge in [-0.2, -0.15) is 4.31 Å². The van der Waals surface area contributed by atoms with Crippen molar-refractivity contribution in [2.75, 3.05) is 51.7 Å². The molecule has 4 fully saturated rings. The summed E-state index contributed by atoms with van der Waals surface area (Å²) in [6.07, 6.45) is 6.13. The maximum Gasteiger partial charge on any atom is 0.242 e. The van der Waals surface area contributed by atoms with E-state index in [2.05, 4.69) is 4.90 Å². The lowest BCUT2D eigenvalue weighted by atomic mass is 9.84. The maximum absolute atomic E-state index is 13.1. The van der Waals surface area contributed by atoms with Gasteiger partial charge >= 0.3 is 0 Å². The van der Waals surface area contributed by atoms with Gasteiger partial charge < -0.3 is 9.64 Å². The second kappa shape index (κ2) is 7.73. The van der Waals surface area contributed by atoms with Crippen LogP contribution in [0.25, 0.3) is 0 Å². The Kier molecular flexibility index (Phi) is 5.55. The standard InChI is InChI=1S/C18H31N3O4S/c22-18(17-14-25-11-10-20(17)13-15-3-1-4-15)19-8-5-16(6-9-19)21-7-2-12-26(21,23)24/h15-17H,1-14H2. The van der Waals surface area contributed by atoms with Crippen molar-refractivity contribution in [3.05, 3.63) is 0 Å². The summed E-state index contributed by atoms with van der Waals surface area (Å²) in [7, 11) is -3.06. The summed E-state index contributed by atoms with van der Waals surface area (Å²) in [6, 6.07) is -0.0864. The Morgan fingerprint density at radius 2 is 1.77 bits per heavy atom. The molecule has 8 heteroatoms. The molecule has 1 atom stereocenters. The van der Waals surface area contributed by atoms with Crippen LogP contribution in [-0.2, 0) is 19.6 Å². The highest BCUT2D eigenvalue weighted by molar-refractivity contribution is 7.89. The second-order valence-electron chi connectivity index (χ2n) is 8.22. The third-order valence-electron chi connectivity index (χ3n) is 6.56. The van der Waals surface area contributed by atoms with Crippen molar-refractivity contribution < 1.29 is 17.9 Å². The predicted molar refractivity (Wildman–Crippen MR) is 98.2 cm³/mol. The Morgan fingerprint density at radius 3 is 2.38 bits per heavy atom. The molecule has 0 aromatic rings. The van der Waals surface area contributed by atoms with Gasteiger partial charge in [0.15, 0.2) is 0 Å². The zero-order valence-electron chi connectivity index (χ0n) is 15.5. The van der Waals surface area contributed by atoms with Gasteiger partial charge in [0.05, 0.1) is 19.0 Å². The first-order chi connectivity index (χ1) is 12.5. The number of piperidine rings is 1. The molecule has 148 valence electrons. The van der Waals surface area contributed by atoms with Crippen LogP contribution < -0.4 is 0 Å². The number of likely N-dealkylation sites (tertiary alicyclic amines) is 1. The van der Waals surface area contributed by atoms with Crippen LogP contribution in [0.4, 0.5) is 0 Å². The van der Waals surface area contributed by atoms with E-state index in [1.54, 1.807) is 4.31 Å². The zero-order chi connectivity index (χ0) is 18.1. The molecular weight excluding hydrogens is 354 g/mol. The fourth-order valence-corrected chi connectivity index (χ4v) is 6.55. The van der Waals surface area contributed by atoms with Crippen LogP contribution in [0.2, 0.25) is 0 Å². The highest BCUT2D eigenvalue weighted by Gasteiger charge is 2.39.